The number of rotatable bonds is 8. The van der Waals surface area contributed by atoms with Crippen molar-refractivity contribution in [1.29, 1.82) is 0 Å². The highest BCUT2D eigenvalue weighted by atomic mass is 79.9. The van der Waals surface area contributed by atoms with Crippen molar-refractivity contribution >= 4 is 27.7 Å². The number of aromatic nitrogens is 6. The summed E-state index contributed by atoms with van der Waals surface area (Å²) in [5.74, 6) is -0.906. The molecular weight excluding hydrogens is 490 g/mol. The zero-order valence-corrected chi connectivity index (χ0v) is 18.5. The SMILES string of the molecule is OC(Cn1cncn1)(Cn1cnc(SCc2ccc(Br)cc2)n1)c1ccc(F)cc1F. The van der Waals surface area contributed by atoms with Crippen LogP contribution in [0.2, 0.25) is 0 Å². The summed E-state index contributed by atoms with van der Waals surface area (Å²) in [6.45, 7) is -0.210. The molecule has 0 bridgehead atoms. The number of benzene rings is 2. The van der Waals surface area contributed by atoms with Gasteiger partial charge in [-0.3, -0.25) is 0 Å². The minimum atomic E-state index is -1.76. The van der Waals surface area contributed by atoms with Crippen molar-refractivity contribution in [1.82, 2.24) is 29.5 Å². The van der Waals surface area contributed by atoms with Crippen LogP contribution in [0.3, 0.4) is 0 Å². The highest BCUT2D eigenvalue weighted by Gasteiger charge is 2.34. The maximum atomic E-state index is 14.5. The second kappa shape index (κ2) is 9.25. The molecule has 0 saturated carbocycles. The smallest absolute Gasteiger partial charge is 0.208 e. The fraction of sp³-hybridized carbons (Fsp3) is 0.200. The van der Waals surface area contributed by atoms with E-state index in [4.69, 9.17) is 0 Å². The summed E-state index contributed by atoms with van der Waals surface area (Å²) >= 11 is 4.85. The molecular formula is C20H17BrF2N6OS. The predicted octanol–water partition coefficient (Wildman–Crippen LogP) is 3.79. The summed E-state index contributed by atoms with van der Waals surface area (Å²) in [6.07, 6.45) is 4.19. The maximum Gasteiger partial charge on any atom is 0.208 e. The molecule has 2 aromatic carbocycles. The lowest BCUT2D eigenvalue weighted by molar-refractivity contribution is -0.00878. The number of halogens is 3. The summed E-state index contributed by atoms with van der Waals surface area (Å²) in [5, 5.41) is 20.3. The highest BCUT2D eigenvalue weighted by Crippen LogP contribution is 2.29. The molecule has 0 aliphatic carbocycles. The van der Waals surface area contributed by atoms with Crippen LogP contribution in [0, 0.1) is 11.6 Å². The van der Waals surface area contributed by atoms with Crippen molar-refractivity contribution < 1.29 is 13.9 Å². The molecule has 4 aromatic rings. The van der Waals surface area contributed by atoms with E-state index in [9.17, 15) is 13.9 Å². The molecule has 1 unspecified atom stereocenters. The van der Waals surface area contributed by atoms with Crippen LogP contribution in [0.1, 0.15) is 11.1 Å². The third-order valence-corrected chi connectivity index (χ3v) is 5.99. The molecule has 0 amide bonds. The van der Waals surface area contributed by atoms with Crippen LogP contribution in [-0.4, -0.2) is 34.6 Å². The molecule has 0 spiro atoms. The van der Waals surface area contributed by atoms with Crippen LogP contribution in [0.5, 0.6) is 0 Å². The Bertz CT molecular complexity index is 1150. The molecule has 2 heterocycles. The Labute approximate surface area is 189 Å². The molecule has 7 nitrogen and oxygen atoms in total. The Hall–Kier alpha value is -2.63. The first-order valence-electron chi connectivity index (χ1n) is 9.18. The zero-order valence-electron chi connectivity index (χ0n) is 16.1. The number of aliphatic hydroxyl groups is 1. The molecule has 2 aromatic heterocycles. The average Bonchev–Trinajstić information content (AvgIpc) is 3.39. The summed E-state index contributed by atoms with van der Waals surface area (Å²) in [5.41, 5.74) is -0.711. The van der Waals surface area contributed by atoms with E-state index in [0.29, 0.717) is 10.9 Å². The van der Waals surface area contributed by atoms with Crippen molar-refractivity contribution in [3.05, 3.63) is 88.7 Å². The molecule has 31 heavy (non-hydrogen) atoms. The van der Waals surface area contributed by atoms with Gasteiger partial charge in [-0.2, -0.15) is 5.10 Å². The fourth-order valence-electron chi connectivity index (χ4n) is 3.09. The molecule has 0 radical (unpaired) electrons. The second-order valence-electron chi connectivity index (χ2n) is 6.89. The van der Waals surface area contributed by atoms with Gasteiger partial charge >= 0.3 is 0 Å². The Balaban J connectivity index is 1.53. The predicted molar refractivity (Wildman–Crippen MR) is 114 cm³/mol. The van der Waals surface area contributed by atoms with E-state index < -0.39 is 17.2 Å². The maximum absolute atomic E-state index is 14.5. The topological polar surface area (TPSA) is 81.6 Å². The van der Waals surface area contributed by atoms with E-state index >= 15 is 0 Å². The first-order valence-corrected chi connectivity index (χ1v) is 11.0. The Kier molecular flexibility index (Phi) is 6.44. The van der Waals surface area contributed by atoms with E-state index in [1.54, 1.807) is 0 Å². The van der Waals surface area contributed by atoms with E-state index in [2.05, 4.69) is 36.1 Å². The lowest BCUT2D eigenvalue weighted by Gasteiger charge is -2.28. The zero-order chi connectivity index (χ0) is 21.8. The van der Waals surface area contributed by atoms with Gasteiger partial charge in [-0.05, 0) is 23.8 Å². The van der Waals surface area contributed by atoms with Crippen LogP contribution in [-0.2, 0) is 24.4 Å². The lowest BCUT2D eigenvalue weighted by atomic mass is 9.93. The molecule has 0 aliphatic rings. The van der Waals surface area contributed by atoms with E-state index in [1.165, 1.54) is 46.2 Å². The Morgan fingerprint density at radius 1 is 1.03 bits per heavy atom. The van der Waals surface area contributed by atoms with Crippen molar-refractivity contribution in [3.63, 3.8) is 0 Å². The monoisotopic (exact) mass is 506 g/mol. The van der Waals surface area contributed by atoms with Gasteiger partial charge in [0, 0.05) is 21.9 Å². The van der Waals surface area contributed by atoms with Crippen molar-refractivity contribution in [2.24, 2.45) is 0 Å². The molecule has 1 N–H and O–H groups in total. The number of thioether (sulfide) groups is 1. The lowest BCUT2D eigenvalue weighted by Crippen LogP contribution is -2.37. The Morgan fingerprint density at radius 2 is 1.81 bits per heavy atom. The summed E-state index contributed by atoms with van der Waals surface area (Å²) < 4.78 is 31.7. The van der Waals surface area contributed by atoms with E-state index in [0.717, 1.165) is 22.2 Å². The standard InChI is InChI=1S/C20H17BrF2N6OS/c21-15-3-1-14(2-4-15)8-31-19-25-13-29(27-19)10-20(30,9-28-12-24-11-26-28)17-6-5-16(22)7-18(17)23/h1-7,11-13,30H,8-10H2. The van der Waals surface area contributed by atoms with Gasteiger partial charge in [0.2, 0.25) is 5.16 Å². The second-order valence-corrected chi connectivity index (χ2v) is 8.75. The third-order valence-electron chi connectivity index (χ3n) is 4.54. The molecule has 0 saturated heterocycles. The van der Waals surface area contributed by atoms with Gasteiger partial charge in [0.15, 0.2) is 0 Å². The molecule has 1 atom stereocenters. The summed E-state index contributed by atoms with van der Waals surface area (Å²) in [6, 6.07) is 11.0. The molecule has 0 aliphatic heterocycles. The first kappa shape index (κ1) is 21.6. The van der Waals surface area contributed by atoms with E-state index in [-0.39, 0.29) is 18.7 Å². The van der Waals surface area contributed by atoms with Crippen molar-refractivity contribution in [2.45, 2.75) is 29.6 Å². The van der Waals surface area contributed by atoms with Crippen LogP contribution in [0.15, 0.2) is 71.1 Å². The Morgan fingerprint density at radius 3 is 2.52 bits per heavy atom. The molecule has 160 valence electrons. The molecule has 4 rings (SSSR count). The molecule has 11 heteroatoms. The number of hydrogen-bond donors (Lipinski definition) is 1. The normalized spacial score (nSPS) is 13.3. The van der Waals surface area contributed by atoms with Crippen LogP contribution >= 0.6 is 27.7 Å². The van der Waals surface area contributed by atoms with Gasteiger partial charge < -0.3 is 5.11 Å². The van der Waals surface area contributed by atoms with Gasteiger partial charge in [-0.1, -0.05) is 45.9 Å². The number of nitrogens with zero attached hydrogens (tertiary/aromatic N) is 6. The van der Waals surface area contributed by atoms with Gasteiger partial charge in [-0.15, -0.1) is 5.10 Å². The van der Waals surface area contributed by atoms with Crippen LogP contribution in [0.25, 0.3) is 0 Å². The van der Waals surface area contributed by atoms with Gasteiger partial charge in [-0.25, -0.2) is 28.1 Å². The summed E-state index contributed by atoms with van der Waals surface area (Å²) in [4.78, 5) is 8.12. The van der Waals surface area contributed by atoms with Crippen LogP contribution < -0.4 is 0 Å². The fourth-order valence-corrected chi connectivity index (χ4v) is 4.12. The van der Waals surface area contributed by atoms with Gasteiger partial charge in [0.1, 0.15) is 36.2 Å². The average molecular weight is 507 g/mol. The minimum absolute atomic E-state index is 0.0658. The van der Waals surface area contributed by atoms with Crippen molar-refractivity contribution in [3.8, 4) is 0 Å². The van der Waals surface area contributed by atoms with E-state index in [1.807, 2.05) is 24.3 Å². The van der Waals surface area contributed by atoms with Crippen LogP contribution in [0.4, 0.5) is 8.78 Å². The number of hydrogen-bond acceptors (Lipinski definition) is 6. The molecule has 0 fully saturated rings. The highest BCUT2D eigenvalue weighted by molar-refractivity contribution is 9.10. The summed E-state index contributed by atoms with van der Waals surface area (Å²) in [7, 11) is 0. The van der Waals surface area contributed by atoms with Gasteiger partial charge in [0.25, 0.3) is 0 Å². The third kappa shape index (κ3) is 5.35. The van der Waals surface area contributed by atoms with Gasteiger partial charge in [0.05, 0.1) is 13.1 Å². The minimum Gasteiger partial charge on any atom is -0.381 e. The largest absolute Gasteiger partial charge is 0.381 e. The quantitative estimate of drug-likeness (QED) is 0.366. The van der Waals surface area contributed by atoms with Crippen molar-refractivity contribution in [2.75, 3.05) is 0 Å². The first-order chi connectivity index (χ1) is 14.9.